The molecule has 1 aromatic carbocycles. The Morgan fingerprint density at radius 1 is 1.29 bits per heavy atom. The van der Waals surface area contributed by atoms with Crippen molar-refractivity contribution in [3.63, 3.8) is 0 Å². The van der Waals surface area contributed by atoms with Crippen molar-refractivity contribution in [1.29, 1.82) is 0 Å². The summed E-state index contributed by atoms with van der Waals surface area (Å²) in [5.74, 6) is 0.373. The Bertz CT molecular complexity index is 459. The Kier molecular flexibility index (Phi) is 3.81. The molecule has 4 nitrogen and oxygen atoms in total. The van der Waals surface area contributed by atoms with Gasteiger partial charge in [-0.2, -0.15) is 0 Å². The van der Waals surface area contributed by atoms with Crippen molar-refractivity contribution in [3.8, 4) is 0 Å². The molecule has 2 N–H and O–H groups in total. The van der Waals surface area contributed by atoms with Crippen LogP contribution in [0.5, 0.6) is 0 Å². The van der Waals surface area contributed by atoms with Gasteiger partial charge >= 0.3 is 0 Å². The second kappa shape index (κ2) is 5.16. The van der Waals surface area contributed by atoms with Gasteiger partial charge in [-0.25, -0.2) is 12.7 Å². The smallest absolute Gasteiger partial charge is 0.215 e. The van der Waals surface area contributed by atoms with Gasteiger partial charge in [0.2, 0.25) is 10.0 Å². The summed E-state index contributed by atoms with van der Waals surface area (Å²) in [5, 5.41) is 0. The first-order chi connectivity index (χ1) is 8.13. The zero-order chi connectivity index (χ0) is 12.3. The summed E-state index contributed by atoms with van der Waals surface area (Å²) in [7, 11) is -3.14. The van der Waals surface area contributed by atoms with Gasteiger partial charge < -0.3 is 5.73 Å². The van der Waals surface area contributed by atoms with E-state index in [0.29, 0.717) is 19.0 Å². The maximum absolute atomic E-state index is 11.9. The minimum Gasteiger partial charge on any atom is -0.329 e. The van der Waals surface area contributed by atoms with Gasteiger partial charge in [0.15, 0.2) is 0 Å². The number of nitrogens with two attached hydrogens (primary N) is 1. The highest BCUT2D eigenvalue weighted by Crippen LogP contribution is 2.28. The Hall–Kier alpha value is -0.910. The summed E-state index contributed by atoms with van der Waals surface area (Å²) in [4.78, 5) is 0. The molecule has 0 aromatic heterocycles. The van der Waals surface area contributed by atoms with Gasteiger partial charge in [0.25, 0.3) is 0 Å². The SMILES string of the molecule is NCCS(=O)(=O)N1CCC(c2ccccc2)C1. The summed E-state index contributed by atoms with van der Waals surface area (Å²) in [5.41, 5.74) is 6.54. The fourth-order valence-electron chi connectivity index (χ4n) is 2.26. The average molecular weight is 254 g/mol. The minimum atomic E-state index is -3.14. The first-order valence-corrected chi connectivity index (χ1v) is 7.47. The highest BCUT2D eigenvalue weighted by Gasteiger charge is 2.31. The van der Waals surface area contributed by atoms with Crippen molar-refractivity contribution >= 4 is 10.0 Å². The number of nitrogens with zero attached hydrogens (tertiary/aromatic N) is 1. The first kappa shape index (κ1) is 12.5. The highest BCUT2D eigenvalue weighted by molar-refractivity contribution is 7.89. The van der Waals surface area contributed by atoms with E-state index in [0.717, 1.165) is 6.42 Å². The molecular formula is C12H18N2O2S. The van der Waals surface area contributed by atoms with Crippen LogP contribution in [0.15, 0.2) is 30.3 Å². The van der Waals surface area contributed by atoms with Crippen molar-refractivity contribution in [3.05, 3.63) is 35.9 Å². The van der Waals surface area contributed by atoms with E-state index in [2.05, 4.69) is 12.1 Å². The molecule has 1 heterocycles. The number of rotatable bonds is 4. The van der Waals surface area contributed by atoms with Crippen LogP contribution >= 0.6 is 0 Å². The normalized spacial score (nSPS) is 21.8. The second-order valence-electron chi connectivity index (χ2n) is 4.36. The third-order valence-corrected chi connectivity index (χ3v) is 5.06. The first-order valence-electron chi connectivity index (χ1n) is 5.86. The zero-order valence-electron chi connectivity index (χ0n) is 9.75. The second-order valence-corrected chi connectivity index (χ2v) is 6.45. The van der Waals surface area contributed by atoms with Crippen LogP contribution in [0, 0.1) is 0 Å². The predicted octanol–water partition coefficient (Wildman–Crippen LogP) is 0.764. The van der Waals surface area contributed by atoms with E-state index in [1.165, 1.54) is 5.56 Å². The van der Waals surface area contributed by atoms with E-state index < -0.39 is 10.0 Å². The summed E-state index contributed by atoms with van der Waals surface area (Å²) >= 11 is 0. The van der Waals surface area contributed by atoms with E-state index in [-0.39, 0.29) is 12.3 Å². The van der Waals surface area contributed by atoms with Crippen LogP contribution in [0.4, 0.5) is 0 Å². The minimum absolute atomic E-state index is 0.0501. The van der Waals surface area contributed by atoms with Crippen molar-refractivity contribution in [2.75, 3.05) is 25.4 Å². The molecule has 0 bridgehead atoms. The molecule has 1 atom stereocenters. The van der Waals surface area contributed by atoms with E-state index in [9.17, 15) is 8.42 Å². The molecule has 0 saturated carbocycles. The van der Waals surface area contributed by atoms with Gasteiger partial charge in [-0.3, -0.25) is 0 Å². The molecule has 2 rings (SSSR count). The molecule has 1 saturated heterocycles. The molecule has 1 aromatic rings. The lowest BCUT2D eigenvalue weighted by atomic mass is 9.99. The lowest BCUT2D eigenvalue weighted by molar-refractivity contribution is 0.473. The van der Waals surface area contributed by atoms with E-state index >= 15 is 0 Å². The fourth-order valence-corrected chi connectivity index (χ4v) is 3.60. The van der Waals surface area contributed by atoms with Gasteiger partial charge in [-0.05, 0) is 17.9 Å². The topological polar surface area (TPSA) is 63.4 Å². The van der Waals surface area contributed by atoms with Gasteiger partial charge in [-0.1, -0.05) is 30.3 Å². The molecule has 17 heavy (non-hydrogen) atoms. The predicted molar refractivity (Wildman–Crippen MR) is 68.2 cm³/mol. The van der Waals surface area contributed by atoms with Gasteiger partial charge in [0.1, 0.15) is 0 Å². The number of benzene rings is 1. The lowest BCUT2D eigenvalue weighted by Crippen LogP contribution is -2.33. The number of hydrogen-bond acceptors (Lipinski definition) is 3. The molecular weight excluding hydrogens is 236 g/mol. The zero-order valence-corrected chi connectivity index (χ0v) is 10.6. The molecule has 0 amide bonds. The quantitative estimate of drug-likeness (QED) is 0.863. The molecule has 0 radical (unpaired) electrons. The summed E-state index contributed by atoms with van der Waals surface area (Å²) < 4.78 is 25.3. The Balaban J connectivity index is 2.06. The third-order valence-electron chi connectivity index (χ3n) is 3.19. The maximum Gasteiger partial charge on any atom is 0.215 e. The Labute approximate surface area is 102 Å². The van der Waals surface area contributed by atoms with Crippen LogP contribution in [0.3, 0.4) is 0 Å². The summed E-state index contributed by atoms with van der Waals surface area (Å²) in [6.45, 7) is 1.39. The van der Waals surface area contributed by atoms with Crippen LogP contribution in [-0.2, 0) is 10.0 Å². The van der Waals surface area contributed by atoms with Crippen molar-refractivity contribution in [1.82, 2.24) is 4.31 Å². The van der Waals surface area contributed by atoms with Crippen LogP contribution < -0.4 is 5.73 Å². The number of hydrogen-bond donors (Lipinski definition) is 1. The fraction of sp³-hybridized carbons (Fsp3) is 0.500. The lowest BCUT2D eigenvalue weighted by Gasteiger charge is -2.16. The van der Waals surface area contributed by atoms with Gasteiger partial charge in [0.05, 0.1) is 5.75 Å². The van der Waals surface area contributed by atoms with E-state index in [1.807, 2.05) is 18.2 Å². The molecule has 1 unspecified atom stereocenters. The standard InChI is InChI=1S/C12H18N2O2S/c13-7-9-17(15,16)14-8-6-12(10-14)11-4-2-1-3-5-11/h1-5,12H,6-10,13H2. The molecule has 1 fully saturated rings. The van der Waals surface area contributed by atoms with Gasteiger partial charge in [-0.15, -0.1) is 0 Å². The Morgan fingerprint density at radius 3 is 2.65 bits per heavy atom. The van der Waals surface area contributed by atoms with E-state index in [1.54, 1.807) is 4.31 Å². The van der Waals surface area contributed by atoms with Crippen LogP contribution in [-0.4, -0.2) is 38.1 Å². The molecule has 0 aliphatic carbocycles. The monoisotopic (exact) mass is 254 g/mol. The average Bonchev–Trinajstić information content (AvgIpc) is 2.80. The van der Waals surface area contributed by atoms with Crippen molar-refractivity contribution < 1.29 is 8.42 Å². The van der Waals surface area contributed by atoms with Crippen LogP contribution in [0.2, 0.25) is 0 Å². The Morgan fingerprint density at radius 2 is 2.00 bits per heavy atom. The van der Waals surface area contributed by atoms with Crippen molar-refractivity contribution in [2.24, 2.45) is 5.73 Å². The summed E-state index contributed by atoms with van der Waals surface area (Å²) in [6, 6.07) is 10.1. The highest BCUT2D eigenvalue weighted by atomic mass is 32.2. The summed E-state index contributed by atoms with van der Waals surface area (Å²) in [6.07, 6.45) is 0.897. The van der Waals surface area contributed by atoms with Gasteiger partial charge in [0, 0.05) is 19.6 Å². The van der Waals surface area contributed by atoms with Crippen molar-refractivity contribution in [2.45, 2.75) is 12.3 Å². The van der Waals surface area contributed by atoms with Crippen LogP contribution in [0.1, 0.15) is 17.9 Å². The van der Waals surface area contributed by atoms with Crippen LogP contribution in [0.25, 0.3) is 0 Å². The third kappa shape index (κ3) is 2.86. The number of sulfonamides is 1. The maximum atomic E-state index is 11.9. The molecule has 5 heteroatoms. The molecule has 94 valence electrons. The largest absolute Gasteiger partial charge is 0.329 e. The molecule has 0 spiro atoms. The molecule has 1 aliphatic heterocycles. The van der Waals surface area contributed by atoms with E-state index in [4.69, 9.17) is 5.73 Å². The molecule has 1 aliphatic rings.